The number of anilines is 1. The van der Waals surface area contributed by atoms with E-state index in [1.807, 2.05) is 0 Å². The number of methoxy groups -OCH3 is 1. The molecule has 1 N–H and O–H groups in total. The number of benzene rings is 2. The van der Waals surface area contributed by atoms with Gasteiger partial charge in [-0.15, -0.1) is 0 Å². The number of fused-ring (bicyclic) bond motifs is 2. The molecular weight excluding hydrogens is 412 g/mol. The van der Waals surface area contributed by atoms with Crippen LogP contribution >= 0.6 is 0 Å². The van der Waals surface area contributed by atoms with Crippen LogP contribution in [0.3, 0.4) is 0 Å². The third kappa shape index (κ3) is 5.02. The molecule has 0 atom stereocenters. The van der Waals surface area contributed by atoms with Crippen LogP contribution in [0.15, 0.2) is 36.4 Å². The van der Waals surface area contributed by atoms with Gasteiger partial charge in [0.05, 0.1) is 30.4 Å². The van der Waals surface area contributed by atoms with Crippen molar-refractivity contribution in [2.45, 2.75) is 38.1 Å². The summed E-state index contributed by atoms with van der Waals surface area (Å²) < 4.78 is 11.9. The minimum atomic E-state index is 0.461. The molecule has 6 heteroatoms. The molecule has 2 aliphatic rings. The number of nitrogens with zero attached hydrogens (tertiary/aromatic N) is 3. The van der Waals surface area contributed by atoms with Gasteiger partial charge in [-0.3, -0.25) is 0 Å². The van der Waals surface area contributed by atoms with Gasteiger partial charge in [-0.05, 0) is 77.5 Å². The summed E-state index contributed by atoms with van der Waals surface area (Å²) in [6.45, 7) is 6.48. The van der Waals surface area contributed by atoms with Crippen LogP contribution in [-0.4, -0.2) is 74.3 Å². The zero-order valence-corrected chi connectivity index (χ0v) is 20.0. The Morgan fingerprint density at radius 3 is 2.55 bits per heavy atom. The van der Waals surface area contributed by atoms with Crippen LogP contribution < -0.4 is 14.8 Å². The molecule has 2 aliphatic heterocycles. The van der Waals surface area contributed by atoms with Gasteiger partial charge in [0.15, 0.2) is 11.5 Å². The van der Waals surface area contributed by atoms with Crippen LogP contribution in [0.1, 0.15) is 32.1 Å². The lowest BCUT2D eigenvalue weighted by molar-refractivity contribution is 0.254. The van der Waals surface area contributed by atoms with E-state index in [4.69, 9.17) is 14.5 Å². The highest BCUT2D eigenvalue weighted by Gasteiger charge is 2.20. The van der Waals surface area contributed by atoms with Crippen LogP contribution in [0.25, 0.3) is 21.8 Å². The SMILES string of the molecule is COc1cc2c(NC3CCN(C)CC3)c3ccccc3nc2cc1OCCCN1CCCC1. The normalized spacial score (nSPS) is 18.2. The molecule has 176 valence electrons. The molecule has 2 fully saturated rings. The summed E-state index contributed by atoms with van der Waals surface area (Å²) in [5.41, 5.74) is 3.11. The molecule has 0 unspecified atom stereocenters. The fourth-order valence-corrected chi connectivity index (χ4v) is 5.16. The van der Waals surface area contributed by atoms with E-state index in [0.29, 0.717) is 12.6 Å². The van der Waals surface area contributed by atoms with E-state index in [-0.39, 0.29) is 0 Å². The Hall–Kier alpha value is -2.57. The topological polar surface area (TPSA) is 49.9 Å². The molecule has 2 aromatic carbocycles. The highest BCUT2D eigenvalue weighted by molar-refractivity contribution is 6.08. The van der Waals surface area contributed by atoms with E-state index in [1.165, 1.54) is 25.9 Å². The first-order valence-electron chi connectivity index (χ1n) is 12.4. The van der Waals surface area contributed by atoms with Crippen molar-refractivity contribution in [3.63, 3.8) is 0 Å². The van der Waals surface area contributed by atoms with Gasteiger partial charge in [0, 0.05) is 29.4 Å². The molecular formula is C27H36N4O2. The fourth-order valence-electron chi connectivity index (χ4n) is 5.16. The van der Waals surface area contributed by atoms with Crippen LogP contribution in [0.4, 0.5) is 5.69 Å². The number of likely N-dealkylation sites (tertiary alicyclic amines) is 2. The van der Waals surface area contributed by atoms with Crippen molar-refractivity contribution >= 4 is 27.5 Å². The zero-order chi connectivity index (χ0) is 22.6. The molecule has 0 amide bonds. The molecule has 1 aromatic heterocycles. The predicted octanol–water partition coefficient (Wildman–Crippen LogP) is 4.77. The van der Waals surface area contributed by atoms with E-state index in [1.54, 1.807) is 7.11 Å². The van der Waals surface area contributed by atoms with Crippen molar-refractivity contribution in [3.8, 4) is 11.5 Å². The minimum Gasteiger partial charge on any atom is -0.493 e. The van der Waals surface area contributed by atoms with Gasteiger partial charge in [-0.25, -0.2) is 4.98 Å². The number of piperidine rings is 1. The summed E-state index contributed by atoms with van der Waals surface area (Å²) in [5, 5.41) is 6.12. The first-order valence-corrected chi connectivity index (χ1v) is 12.4. The number of rotatable bonds is 8. The second-order valence-electron chi connectivity index (χ2n) is 9.50. The summed E-state index contributed by atoms with van der Waals surface area (Å²) in [7, 11) is 3.92. The largest absolute Gasteiger partial charge is 0.493 e. The first-order chi connectivity index (χ1) is 16.2. The smallest absolute Gasteiger partial charge is 0.163 e. The second kappa shape index (κ2) is 10.1. The summed E-state index contributed by atoms with van der Waals surface area (Å²) >= 11 is 0. The number of hydrogen-bond donors (Lipinski definition) is 1. The third-order valence-corrected chi connectivity index (χ3v) is 7.11. The molecule has 33 heavy (non-hydrogen) atoms. The van der Waals surface area contributed by atoms with E-state index in [2.05, 4.69) is 58.6 Å². The number of hydrogen-bond acceptors (Lipinski definition) is 6. The van der Waals surface area contributed by atoms with Gasteiger partial charge in [0.1, 0.15) is 0 Å². The van der Waals surface area contributed by atoms with Crippen LogP contribution in [0, 0.1) is 0 Å². The van der Waals surface area contributed by atoms with E-state index >= 15 is 0 Å². The molecule has 0 spiro atoms. The Morgan fingerprint density at radius 2 is 1.76 bits per heavy atom. The molecule has 5 rings (SSSR count). The lowest BCUT2D eigenvalue weighted by Gasteiger charge is -2.31. The van der Waals surface area contributed by atoms with Crippen molar-refractivity contribution in [2.24, 2.45) is 0 Å². The molecule has 0 saturated carbocycles. The standard InChI is InChI=1S/C27H36N4O2/c1-30-15-10-20(11-16-30)28-27-21-8-3-4-9-23(21)29-24-19-26(25(32-2)18-22(24)27)33-17-7-14-31-12-5-6-13-31/h3-4,8-9,18-20H,5-7,10-17H2,1-2H3,(H,28,29). The van der Waals surface area contributed by atoms with Gasteiger partial charge in [0.25, 0.3) is 0 Å². The summed E-state index contributed by atoms with van der Waals surface area (Å²) in [6.07, 6.45) is 5.96. The van der Waals surface area contributed by atoms with Crippen molar-refractivity contribution < 1.29 is 9.47 Å². The summed E-state index contributed by atoms with van der Waals surface area (Å²) in [6, 6.07) is 13.0. The monoisotopic (exact) mass is 448 g/mol. The molecule has 3 aromatic rings. The lowest BCUT2D eigenvalue weighted by Crippen LogP contribution is -2.36. The average Bonchev–Trinajstić information content (AvgIpc) is 3.36. The Balaban J connectivity index is 1.43. The maximum Gasteiger partial charge on any atom is 0.163 e. The fraction of sp³-hybridized carbons (Fsp3) is 0.519. The Labute approximate surface area is 196 Å². The average molecular weight is 449 g/mol. The lowest BCUT2D eigenvalue weighted by atomic mass is 10.0. The number of pyridine rings is 1. The van der Waals surface area contributed by atoms with Crippen molar-refractivity contribution in [1.29, 1.82) is 0 Å². The second-order valence-corrected chi connectivity index (χ2v) is 9.50. The third-order valence-electron chi connectivity index (χ3n) is 7.11. The van der Waals surface area contributed by atoms with E-state index in [9.17, 15) is 0 Å². The van der Waals surface area contributed by atoms with Gasteiger partial charge in [0.2, 0.25) is 0 Å². The molecule has 2 saturated heterocycles. The van der Waals surface area contributed by atoms with Gasteiger partial charge in [-0.2, -0.15) is 0 Å². The first kappa shape index (κ1) is 22.2. The zero-order valence-electron chi connectivity index (χ0n) is 20.0. The van der Waals surface area contributed by atoms with Gasteiger partial charge >= 0.3 is 0 Å². The van der Waals surface area contributed by atoms with Crippen molar-refractivity contribution in [1.82, 2.24) is 14.8 Å². The molecule has 6 nitrogen and oxygen atoms in total. The molecule has 0 aliphatic carbocycles. The highest BCUT2D eigenvalue weighted by Crippen LogP contribution is 2.39. The van der Waals surface area contributed by atoms with Gasteiger partial charge < -0.3 is 24.6 Å². The molecule has 0 radical (unpaired) electrons. The number of ether oxygens (including phenoxy) is 2. The van der Waals surface area contributed by atoms with E-state index < -0.39 is 0 Å². The number of nitrogens with one attached hydrogen (secondary N) is 1. The van der Waals surface area contributed by atoms with Crippen LogP contribution in [0.2, 0.25) is 0 Å². The number of aromatic nitrogens is 1. The molecule has 0 bridgehead atoms. The predicted molar refractivity (Wildman–Crippen MR) is 136 cm³/mol. The molecule has 3 heterocycles. The summed E-state index contributed by atoms with van der Waals surface area (Å²) in [4.78, 5) is 9.90. The Bertz CT molecular complexity index is 1090. The number of para-hydroxylation sites is 1. The van der Waals surface area contributed by atoms with Crippen LogP contribution in [-0.2, 0) is 0 Å². The van der Waals surface area contributed by atoms with Gasteiger partial charge in [-0.1, -0.05) is 18.2 Å². The maximum absolute atomic E-state index is 6.19. The van der Waals surface area contributed by atoms with Crippen molar-refractivity contribution in [2.75, 3.05) is 58.8 Å². The summed E-state index contributed by atoms with van der Waals surface area (Å²) in [5.74, 6) is 1.55. The van der Waals surface area contributed by atoms with E-state index in [0.717, 1.165) is 77.9 Å². The van der Waals surface area contributed by atoms with Crippen LogP contribution in [0.5, 0.6) is 11.5 Å². The highest BCUT2D eigenvalue weighted by atomic mass is 16.5. The van der Waals surface area contributed by atoms with Crippen molar-refractivity contribution in [3.05, 3.63) is 36.4 Å². The quantitative estimate of drug-likeness (QED) is 0.396. The Morgan fingerprint density at radius 1 is 0.970 bits per heavy atom. The Kier molecular flexibility index (Phi) is 6.83. The maximum atomic E-state index is 6.19. The minimum absolute atomic E-state index is 0.461.